The molecule has 0 bridgehead atoms. The molecule has 1 aliphatic rings. The van der Waals surface area contributed by atoms with Crippen molar-refractivity contribution in [2.24, 2.45) is 0 Å². The Bertz CT molecular complexity index is 1120. The zero-order valence-corrected chi connectivity index (χ0v) is 17.3. The number of fused-ring (bicyclic) bond motifs is 1. The van der Waals surface area contributed by atoms with Crippen LogP contribution in [0.2, 0.25) is 0 Å². The summed E-state index contributed by atoms with van der Waals surface area (Å²) in [5, 5.41) is 3.13. The van der Waals surface area contributed by atoms with E-state index in [1.54, 1.807) is 13.8 Å². The van der Waals surface area contributed by atoms with Gasteiger partial charge in [-0.05, 0) is 45.7 Å². The summed E-state index contributed by atoms with van der Waals surface area (Å²) in [6, 6.07) is 7.61. The van der Waals surface area contributed by atoms with E-state index in [1.165, 1.54) is 6.92 Å². The van der Waals surface area contributed by atoms with Gasteiger partial charge in [0.05, 0.1) is 23.2 Å². The van der Waals surface area contributed by atoms with E-state index in [1.807, 2.05) is 24.3 Å². The normalized spacial score (nSPS) is 13.6. The van der Waals surface area contributed by atoms with Gasteiger partial charge in [-0.15, -0.1) is 0 Å². The number of furan rings is 1. The highest BCUT2D eigenvalue weighted by Gasteiger charge is 2.29. The highest BCUT2D eigenvalue weighted by molar-refractivity contribution is 6.09. The van der Waals surface area contributed by atoms with Gasteiger partial charge in [-0.1, -0.05) is 12.1 Å². The lowest BCUT2D eigenvalue weighted by molar-refractivity contribution is 0.0524. The number of carbonyl (C=O) groups excluding carboxylic acids is 2. The summed E-state index contributed by atoms with van der Waals surface area (Å²) in [5.41, 5.74) is 1.81. The summed E-state index contributed by atoms with van der Waals surface area (Å²) in [6.45, 7) is 6.71. The molecule has 8 heteroatoms. The highest BCUT2D eigenvalue weighted by atomic mass is 16.5. The van der Waals surface area contributed by atoms with Crippen molar-refractivity contribution in [3.05, 3.63) is 41.2 Å². The fraction of sp³-hybridized carbons (Fsp3) is 0.364. The van der Waals surface area contributed by atoms with Crippen LogP contribution in [0.4, 0.5) is 17.5 Å². The third-order valence-corrected chi connectivity index (χ3v) is 5.11. The van der Waals surface area contributed by atoms with E-state index in [2.05, 4.69) is 10.2 Å². The number of ether oxygens (including phenoxy) is 1. The maximum atomic E-state index is 12.6. The van der Waals surface area contributed by atoms with Gasteiger partial charge in [-0.2, -0.15) is 0 Å². The Balaban J connectivity index is 1.84. The van der Waals surface area contributed by atoms with Crippen LogP contribution in [0.15, 0.2) is 28.7 Å². The van der Waals surface area contributed by atoms with E-state index in [4.69, 9.17) is 19.1 Å². The minimum Gasteiger partial charge on any atom is -0.462 e. The van der Waals surface area contributed by atoms with Crippen LogP contribution in [-0.2, 0) is 4.74 Å². The first-order valence-electron chi connectivity index (χ1n) is 10.1. The van der Waals surface area contributed by atoms with Gasteiger partial charge in [0.25, 0.3) is 0 Å². The molecule has 1 N–H and O–H groups in total. The number of Topliss-reactive ketones (excluding diaryl/α,β-unsaturated/α-hetero) is 1. The Morgan fingerprint density at radius 1 is 1.13 bits per heavy atom. The topological polar surface area (TPSA) is 97.6 Å². The standard InChI is InChI=1S/C22H24N4O4/c1-4-29-22(28)18-17(13(2)27)14(3)30-21(18)25-19-20(26-11-7-8-12-26)24-16-10-6-5-9-15(16)23-19/h5-6,9-10H,4,7-8,11-12H2,1-3H3,(H,23,25). The molecule has 0 aliphatic carbocycles. The van der Waals surface area contributed by atoms with Crippen molar-refractivity contribution in [1.82, 2.24) is 9.97 Å². The van der Waals surface area contributed by atoms with Gasteiger partial charge >= 0.3 is 5.97 Å². The summed E-state index contributed by atoms with van der Waals surface area (Å²) in [6.07, 6.45) is 2.16. The average molecular weight is 408 g/mol. The molecule has 0 saturated carbocycles. The van der Waals surface area contributed by atoms with Crippen molar-refractivity contribution >= 4 is 40.3 Å². The first kappa shape index (κ1) is 19.9. The van der Waals surface area contributed by atoms with Crippen LogP contribution in [0.5, 0.6) is 0 Å². The first-order chi connectivity index (χ1) is 14.5. The first-order valence-corrected chi connectivity index (χ1v) is 10.1. The molecule has 0 atom stereocenters. The maximum absolute atomic E-state index is 12.6. The number of rotatable bonds is 6. The minimum atomic E-state index is -0.612. The molecule has 0 unspecified atom stereocenters. The Morgan fingerprint density at radius 3 is 2.43 bits per heavy atom. The Kier molecular flexibility index (Phi) is 5.39. The lowest BCUT2D eigenvalue weighted by Gasteiger charge is -2.20. The molecule has 0 radical (unpaired) electrons. The molecule has 3 heterocycles. The van der Waals surface area contributed by atoms with Crippen LogP contribution in [-0.4, -0.2) is 41.4 Å². The summed E-state index contributed by atoms with van der Waals surface area (Å²) in [4.78, 5) is 36.5. The van der Waals surface area contributed by atoms with E-state index in [9.17, 15) is 9.59 Å². The van der Waals surface area contributed by atoms with Gasteiger partial charge in [-0.25, -0.2) is 14.8 Å². The molecule has 1 aliphatic heterocycles. The molecule has 4 rings (SSSR count). The lowest BCUT2D eigenvalue weighted by Crippen LogP contribution is -2.21. The molecule has 2 aromatic heterocycles. The lowest BCUT2D eigenvalue weighted by atomic mass is 10.1. The molecule has 1 aromatic carbocycles. The molecule has 1 fully saturated rings. The fourth-order valence-corrected chi connectivity index (χ4v) is 3.79. The van der Waals surface area contributed by atoms with Gasteiger partial charge in [0.15, 0.2) is 17.4 Å². The Hall–Kier alpha value is -3.42. The second-order valence-electron chi connectivity index (χ2n) is 7.22. The van der Waals surface area contributed by atoms with Gasteiger partial charge in [-0.3, -0.25) is 4.79 Å². The van der Waals surface area contributed by atoms with Gasteiger partial charge < -0.3 is 19.4 Å². The zero-order valence-electron chi connectivity index (χ0n) is 17.3. The smallest absolute Gasteiger partial charge is 0.344 e. The van der Waals surface area contributed by atoms with E-state index < -0.39 is 5.97 Å². The predicted molar refractivity (Wildman–Crippen MR) is 114 cm³/mol. The Labute approximate surface area is 174 Å². The summed E-state index contributed by atoms with van der Waals surface area (Å²) < 4.78 is 11.0. The number of hydrogen-bond donors (Lipinski definition) is 1. The third-order valence-electron chi connectivity index (χ3n) is 5.11. The monoisotopic (exact) mass is 408 g/mol. The number of nitrogens with one attached hydrogen (secondary N) is 1. The molecule has 30 heavy (non-hydrogen) atoms. The van der Waals surface area contributed by atoms with Crippen LogP contribution < -0.4 is 10.2 Å². The molecule has 8 nitrogen and oxygen atoms in total. The van der Waals surface area contributed by atoms with Crippen LogP contribution in [0.1, 0.15) is 53.2 Å². The van der Waals surface area contributed by atoms with Gasteiger partial charge in [0.2, 0.25) is 5.88 Å². The number of aromatic nitrogens is 2. The Morgan fingerprint density at radius 2 is 1.80 bits per heavy atom. The predicted octanol–water partition coefficient (Wildman–Crippen LogP) is 4.25. The number of benzene rings is 1. The van der Waals surface area contributed by atoms with Crippen molar-refractivity contribution in [3.63, 3.8) is 0 Å². The number of hydrogen-bond acceptors (Lipinski definition) is 8. The van der Waals surface area contributed by atoms with E-state index >= 15 is 0 Å². The second kappa shape index (κ2) is 8.14. The fourth-order valence-electron chi connectivity index (χ4n) is 3.79. The van der Waals surface area contributed by atoms with Crippen molar-refractivity contribution < 1.29 is 18.7 Å². The highest BCUT2D eigenvalue weighted by Crippen LogP contribution is 2.34. The third kappa shape index (κ3) is 3.60. The van der Waals surface area contributed by atoms with Crippen LogP contribution >= 0.6 is 0 Å². The zero-order chi connectivity index (χ0) is 21.3. The van der Waals surface area contributed by atoms with Crippen LogP contribution in [0.25, 0.3) is 11.0 Å². The molecular formula is C22H24N4O4. The molecule has 0 spiro atoms. The maximum Gasteiger partial charge on any atom is 0.344 e. The van der Waals surface area contributed by atoms with E-state index in [0.29, 0.717) is 17.4 Å². The van der Waals surface area contributed by atoms with Crippen molar-refractivity contribution in [3.8, 4) is 0 Å². The quantitative estimate of drug-likeness (QED) is 0.477. The summed E-state index contributed by atoms with van der Waals surface area (Å²) in [5.74, 6) is 0.783. The van der Waals surface area contributed by atoms with Crippen LogP contribution in [0.3, 0.4) is 0 Å². The van der Waals surface area contributed by atoms with Gasteiger partial charge in [0, 0.05) is 13.1 Å². The van der Waals surface area contributed by atoms with E-state index in [0.717, 1.165) is 37.0 Å². The molecule has 156 valence electrons. The summed E-state index contributed by atoms with van der Waals surface area (Å²) in [7, 11) is 0. The van der Waals surface area contributed by atoms with E-state index in [-0.39, 0.29) is 29.4 Å². The number of nitrogens with zero attached hydrogens (tertiary/aromatic N) is 3. The molecule has 1 saturated heterocycles. The number of ketones is 1. The summed E-state index contributed by atoms with van der Waals surface area (Å²) >= 11 is 0. The SMILES string of the molecule is CCOC(=O)c1c(Nc2nc3ccccc3nc2N2CCCC2)oc(C)c1C(C)=O. The largest absolute Gasteiger partial charge is 0.462 e. The second-order valence-corrected chi connectivity index (χ2v) is 7.22. The van der Waals surface area contributed by atoms with Crippen LogP contribution in [0, 0.1) is 6.92 Å². The number of esters is 1. The molecular weight excluding hydrogens is 384 g/mol. The number of para-hydroxylation sites is 2. The minimum absolute atomic E-state index is 0.0872. The molecule has 0 amide bonds. The number of carbonyl (C=O) groups is 2. The van der Waals surface area contributed by atoms with Crippen molar-refractivity contribution in [2.75, 3.05) is 29.9 Å². The van der Waals surface area contributed by atoms with Crippen molar-refractivity contribution in [2.45, 2.75) is 33.6 Å². The average Bonchev–Trinajstić information content (AvgIpc) is 3.35. The van der Waals surface area contributed by atoms with Crippen molar-refractivity contribution in [1.29, 1.82) is 0 Å². The van der Waals surface area contributed by atoms with Gasteiger partial charge in [0.1, 0.15) is 11.3 Å². The number of aryl methyl sites for hydroxylation is 1. The molecule has 3 aromatic rings. The number of anilines is 3.